The molecule has 1 nitrogen and oxygen atoms in total. The minimum atomic E-state index is 1.17. The van der Waals surface area contributed by atoms with Crippen molar-refractivity contribution in [3.63, 3.8) is 0 Å². The van der Waals surface area contributed by atoms with Crippen LogP contribution in [0, 0.1) is 0 Å². The van der Waals surface area contributed by atoms with Crippen LogP contribution in [0.3, 0.4) is 0 Å². The molecule has 0 aliphatic heterocycles. The van der Waals surface area contributed by atoms with E-state index in [1.165, 1.54) is 114 Å². The highest BCUT2D eigenvalue weighted by Crippen LogP contribution is 2.45. The molecular formula is C54H33N. The number of rotatable bonds is 3. The Balaban J connectivity index is 1.08. The van der Waals surface area contributed by atoms with E-state index < -0.39 is 0 Å². The molecule has 1 aromatic heterocycles. The molecule has 0 spiro atoms. The first-order valence-corrected chi connectivity index (χ1v) is 19.1. The Kier molecular flexibility index (Phi) is 6.40. The molecule has 0 fully saturated rings. The molecule has 254 valence electrons. The van der Waals surface area contributed by atoms with Gasteiger partial charge in [-0.15, -0.1) is 0 Å². The molecule has 0 unspecified atom stereocenters. The van der Waals surface area contributed by atoms with Crippen molar-refractivity contribution in [1.29, 1.82) is 0 Å². The molecule has 0 amide bonds. The van der Waals surface area contributed by atoms with Crippen LogP contribution >= 0.6 is 0 Å². The van der Waals surface area contributed by atoms with E-state index in [4.69, 9.17) is 0 Å². The number of hydrogen-bond acceptors (Lipinski definition) is 0. The van der Waals surface area contributed by atoms with Crippen molar-refractivity contribution in [2.24, 2.45) is 0 Å². The zero-order valence-electron chi connectivity index (χ0n) is 30.0. The van der Waals surface area contributed by atoms with Crippen molar-refractivity contribution in [3.05, 3.63) is 200 Å². The van der Waals surface area contributed by atoms with Gasteiger partial charge in [0.15, 0.2) is 0 Å². The Morgan fingerprint density at radius 1 is 0.236 bits per heavy atom. The van der Waals surface area contributed by atoms with Gasteiger partial charge in [0.05, 0.1) is 11.0 Å². The zero-order chi connectivity index (χ0) is 36.0. The van der Waals surface area contributed by atoms with Gasteiger partial charge in [0, 0.05) is 16.5 Å². The quantitative estimate of drug-likeness (QED) is 0.162. The van der Waals surface area contributed by atoms with Crippen LogP contribution in [0.4, 0.5) is 0 Å². The van der Waals surface area contributed by atoms with Gasteiger partial charge < -0.3 is 4.57 Å². The van der Waals surface area contributed by atoms with E-state index in [1.807, 2.05) is 0 Å². The molecule has 0 aliphatic rings. The maximum Gasteiger partial charge on any atom is 0.0541 e. The number of para-hydroxylation sites is 2. The highest BCUT2D eigenvalue weighted by molar-refractivity contribution is 6.39. The molecule has 1 heterocycles. The van der Waals surface area contributed by atoms with E-state index in [-0.39, 0.29) is 0 Å². The molecule has 0 atom stereocenters. The number of fused-ring (bicyclic) bond motifs is 15. The smallest absolute Gasteiger partial charge is 0.0541 e. The van der Waals surface area contributed by atoms with Crippen LogP contribution in [-0.4, -0.2) is 4.57 Å². The van der Waals surface area contributed by atoms with Crippen LogP contribution in [-0.2, 0) is 0 Å². The van der Waals surface area contributed by atoms with E-state index in [0.29, 0.717) is 0 Å². The summed E-state index contributed by atoms with van der Waals surface area (Å²) in [4.78, 5) is 0. The minimum Gasteiger partial charge on any atom is -0.309 e. The van der Waals surface area contributed by atoms with Crippen molar-refractivity contribution in [3.8, 4) is 27.9 Å². The molecule has 0 saturated heterocycles. The van der Waals surface area contributed by atoms with Crippen molar-refractivity contribution >= 4 is 86.4 Å². The second kappa shape index (κ2) is 11.6. The van der Waals surface area contributed by atoms with E-state index >= 15 is 0 Å². The molecule has 0 saturated carbocycles. The van der Waals surface area contributed by atoms with Gasteiger partial charge in [-0.2, -0.15) is 0 Å². The summed E-state index contributed by atoms with van der Waals surface area (Å²) in [6, 6.07) is 74.0. The predicted octanol–water partition coefficient (Wildman–Crippen LogP) is 15.0. The minimum absolute atomic E-state index is 1.17. The third kappa shape index (κ3) is 4.35. The molecule has 55 heavy (non-hydrogen) atoms. The van der Waals surface area contributed by atoms with E-state index in [0.717, 1.165) is 0 Å². The summed E-state index contributed by atoms with van der Waals surface area (Å²) < 4.78 is 2.38. The predicted molar refractivity (Wildman–Crippen MR) is 237 cm³/mol. The number of benzene rings is 11. The lowest BCUT2D eigenvalue weighted by Gasteiger charge is -2.17. The highest BCUT2D eigenvalue weighted by atomic mass is 15.0. The second-order valence-electron chi connectivity index (χ2n) is 14.8. The normalized spacial score (nSPS) is 12.0. The molecular weight excluding hydrogens is 663 g/mol. The monoisotopic (exact) mass is 695 g/mol. The van der Waals surface area contributed by atoms with Crippen LogP contribution in [0.15, 0.2) is 200 Å². The average Bonchev–Trinajstić information content (AvgIpc) is 3.59. The van der Waals surface area contributed by atoms with E-state index in [1.54, 1.807) is 0 Å². The van der Waals surface area contributed by atoms with Gasteiger partial charge in [0.2, 0.25) is 0 Å². The first-order chi connectivity index (χ1) is 27.3. The fraction of sp³-hybridized carbons (Fsp3) is 0. The van der Waals surface area contributed by atoms with Gasteiger partial charge in [-0.25, -0.2) is 0 Å². The molecule has 12 aromatic rings. The van der Waals surface area contributed by atoms with E-state index in [2.05, 4.69) is 205 Å². The summed E-state index contributed by atoms with van der Waals surface area (Å²) in [6.45, 7) is 0. The van der Waals surface area contributed by atoms with Crippen molar-refractivity contribution < 1.29 is 0 Å². The van der Waals surface area contributed by atoms with Crippen LogP contribution in [0.25, 0.3) is 114 Å². The third-order valence-corrected chi connectivity index (χ3v) is 11.9. The first-order valence-electron chi connectivity index (χ1n) is 19.1. The van der Waals surface area contributed by atoms with Gasteiger partial charge in [0.25, 0.3) is 0 Å². The molecule has 0 N–H and O–H groups in total. The second-order valence-corrected chi connectivity index (χ2v) is 14.8. The van der Waals surface area contributed by atoms with Crippen molar-refractivity contribution in [2.45, 2.75) is 0 Å². The van der Waals surface area contributed by atoms with Gasteiger partial charge in [-0.1, -0.05) is 164 Å². The van der Waals surface area contributed by atoms with E-state index in [9.17, 15) is 0 Å². The topological polar surface area (TPSA) is 4.93 Å². The van der Waals surface area contributed by atoms with Crippen LogP contribution in [0.5, 0.6) is 0 Å². The largest absolute Gasteiger partial charge is 0.309 e. The molecule has 0 aliphatic carbocycles. The maximum absolute atomic E-state index is 2.44. The fourth-order valence-corrected chi connectivity index (χ4v) is 9.60. The van der Waals surface area contributed by atoms with Crippen LogP contribution in [0.2, 0.25) is 0 Å². The lowest BCUT2D eigenvalue weighted by Crippen LogP contribution is -1.92. The zero-order valence-corrected chi connectivity index (χ0v) is 30.0. The van der Waals surface area contributed by atoms with Crippen LogP contribution < -0.4 is 0 Å². The first kappa shape index (κ1) is 30.3. The van der Waals surface area contributed by atoms with Gasteiger partial charge in [-0.3, -0.25) is 0 Å². The standard InChI is InChI=1S/C54H33N/c1-2-14-36(15-3-1)55-51-27-11-10-19-44(51)50-33-35(29-31-52(50)55)38-24-13-25-39-37(23-12-26-40(38)39)34-28-30-48-49(32-34)43-18-6-9-22-47(43)53-45-20-7-4-16-41(45)42-17-5-8-21-46(42)54(48)53/h1-33H. The number of hydrogen-bond donors (Lipinski definition) is 0. The van der Waals surface area contributed by atoms with Crippen LogP contribution in [0.1, 0.15) is 0 Å². The molecule has 0 bridgehead atoms. The summed E-state index contributed by atoms with van der Waals surface area (Å²) in [6.07, 6.45) is 0. The Hall–Kier alpha value is -7.22. The summed E-state index contributed by atoms with van der Waals surface area (Å²) >= 11 is 0. The Morgan fingerprint density at radius 2 is 0.655 bits per heavy atom. The summed E-state index contributed by atoms with van der Waals surface area (Å²) in [7, 11) is 0. The molecule has 0 radical (unpaired) electrons. The van der Waals surface area contributed by atoms with Gasteiger partial charge >= 0.3 is 0 Å². The SMILES string of the molecule is c1ccc(-n2c3ccccc3c3cc(-c4cccc5c(-c6ccc7c(c6)c6ccccc6c6c8ccccc8c8ccccc8c76)cccc45)ccc32)cc1. The lowest BCUT2D eigenvalue weighted by atomic mass is 9.86. The Morgan fingerprint density at radius 3 is 1.25 bits per heavy atom. The van der Waals surface area contributed by atoms with Crippen molar-refractivity contribution in [1.82, 2.24) is 4.57 Å². The fourth-order valence-electron chi connectivity index (χ4n) is 9.60. The maximum atomic E-state index is 2.44. The third-order valence-electron chi connectivity index (χ3n) is 11.9. The Bertz CT molecular complexity index is 3530. The molecule has 11 aromatic carbocycles. The van der Waals surface area contributed by atoms with Gasteiger partial charge in [0.1, 0.15) is 0 Å². The lowest BCUT2D eigenvalue weighted by molar-refractivity contribution is 1.18. The summed E-state index contributed by atoms with van der Waals surface area (Å²) in [5, 5.41) is 18.1. The summed E-state index contributed by atoms with van der Waals surface area (Å²) in [5.74, 6) is 0. The number of nitrogens with zero attached hydrogens (tertiary/aromatic N) is 1. The highest BCUT2D eigenvalue weighted by Gasteiger charge is 2.18. The van der Waals surface area contributed by atoms with Crippen molar-refractivity contribution in [2.75, 3.05) is 0 Å². The molecule has 12 rings (SSSR count). The summed E-state index contributed by atoms with van der Waals surface area (Å²) in [5.41, 5.74) is 8.55. The molecule has 1 heteroatoms. The van der Waals surface area contributed by atoms with Gasteiger partial charge in [-0.05, 0) is 123 Å². The Labute approximate surface area is 317 Å². The number of aromatic nitrogens is 1. The average molecular weight is 696 g/mol.